The zero-order valence-corrected chi connectivity index (χ0v) is 20.9. The molecule has 1 saturated heterocycles. The number of nitrogens with zero attached hydrogens (tertiary/aromatic N) is 2. The highest BCUT2D eigenvalue weighted by molar-refractivity contribution is 5.83. The molecule has 0 bridgehead atoms. The van der Waals surface area contributed by atoms with E-state index in [-0.39, 0.29) is 24.3 Å². The van der Waals surface area contributed by atoms with E-state index in [1.165, 1.54) is 24.0 Å². The van der Waals surface area contributed by atoms with Crippen molar-refractivity contribution < 1.29 is 9.59 Å². The summed E-state index contributed by atoms with van der Waals surface area (Å²) in [5.41, 5.74) is 2.55. The molecule has 184 valence electrons. The average molecular weight is 464 g/mol. The van der Waals surface area contributed by atoms with Gasteiger partial charge in [-0.1, -0.05) is 93.8 Å². The number of unbranched alkanes of at least 4 members (excludes halogenated alkanes) is 1. The fraction of sp³-hybridized carbons (Fsp3) is 0.517. The maximum Gasteiger partial charge on any atom is 0.223 e. The summed E-state index contributed by atoms with van der Waals surface area (Å²) >= 11 is 0. The SMILES string of the molecule is CCCCC(CC)CNC(=O)CCC(=O)N1CCN(C(c2ccccc2)c2ccccc2)CC1. The Hall–Kier alpha value is -2.66. The van der Waals surface area contributed by atoms with Crippen LogP contribution in [0.3, 0.4) is 0 Å². The van der Waals surface area contributed by atoms with Gasteiger partial charge in [-0.2, -0.15) is 0 Å². The summed E-state index contributed by atoms with van der Waals surface area (Å²) in [4.78, 5) is 29.5. The Morgan fingerprint density at radius 2 is 1.44 bits per heavy atom. The van der Waals surface area contributed by atoms with Crippen LogP contribution in [0.2, 0.25) is 0 Å². The Kier molecular flexibility index (Phi) is 10.6. The summed E-state index contributed by atoms with van der Waals surface area (Å²) in [5.74, 6) is 0.619. The number of carbonyl (C=O) groups excluding carboxylic acids is 2. The summed E-state index contributed by atoms with van der Waals surface area (Å²) < 4.78 is 0. The van der Waals surface area contributed by atoms with Crippen LogP contribution in [0.15, 0.2) is 60.7 Å². The molecule has 2 amide bonds. The van der Waals surface area contributed by atoms with Crippen molar-refractivity contribution in [3.05, 3.63) is 71.8 Å². The van der Waals surface area contributed by atoms with Crippen molar-refractivity contribution >= 4 is 11.8 Å². The highest BCUT2D eigenvalue weighted by atomic mass is 16.2. The molecule has 34 heavy (non-hydrogen) atoms. The van der Waals surface area contributed by atoms with Crippen molar-refractivity contribution in [2.75, 3.05) is 32.7 Å². The second-order valence-electron chi connectivity index (χ2n) is 9.36. The minimum Gasteiger partial charge on any atom is -0.356 e. The van der Waals surface area contributed by atoms with E-state index in [1.54, 1.807) is 0 Å². The normalized spacial score (nSPS) is 15.3. The molecule has 5 heteroatoms. The molecular weight excluding hydrogens is 422 g/mol. The molecule has 0 radical (unpaired) electrons. The van der Waals surface area contributed by atoms with Gasteiger partial charge in [0.1, 0.15) is 0 Å². The van der Waals surface area contributed by atoms with Crippen molar-refractivity contribution in [2.24, 2.45) is 5.92 Å². The van der Waals surface area contributed by atoms with Crippen LogP contribution < -0.4 is 5.32 Å². The van der Waals surface area contributed by atoms with Gasteiger partial charge in [0.2, 0.25) is 11.8 Å². The Morgan fingerprint density at radius 3 is 1.97 bits per heavy atom. The van der Waals surface area contributed by atoms with E-state index in [0.717, 1.165) is 32.5 Å². The van der Waals surface area contributed by atoms with Crippen LogP contribution in [0.25, 0.3) is 0 Å². The largest absolute Gasteiger partial charge is 0.356 e. The van der Waals surface area contributed by atoms with Crippen molar-refractivity contribution in [1.29, 1.82) is 0 Å². The topological polar surface area (TPSA) is 52.7 Å². The standard InChI is InChI=1S/C29H41N3O2/c1-3-5-12-24(4-2)23-30-27(33)17-18-28(34)31-19-21-32(22-20-31)29(25-13-8-6-9-14-25)26-15-10-7-11-16-26/h6-11,13-16,24,29H,3-5,12,17-23H2,1-2H3,(H,30,33). The van der Waals surface area contributed by atoms with Gasteiger partial charge in [-0.25, -0.2) is 0 Å². The minimum atomic E-state index is -0.00449. The number of piperazine rings is 1. The fourth-order valence-electron chi connectivity index (χ4n) is 4.78. The smallest absolute Gasteiger partial charge is 0.223 e. The van der Waals surface area contributed by atoms with Gasteiger partial charge in [0.05, 0.1) is 6.04 Å². The summed E-state index contributed by atoms with van der Waals surface area (Å²) in [6.07, 6.45) is 5.19. The van der Waals surface area contributed by atoms with Gasteiger partial charge in [-0.05, 0) is 23.5 Å². The summed E-state index contributed by atoms with van der Waals surface area (Å²) in [6, 6.07) is 21.3. The third kappa shape index (κ3) is 7.69. The zero-order valence-electron chi connectivity index (χ0n) is 20.9. The van der Waals surface area contributed by atoms with Gasteiger partial charge in [0.25, 0.3) is 0 Å². The van der Waals surface area contributed by atoms with Crippen LogP contribution in [-0.4, -0.2) is 54.3 Å². The van der Waals surface area contributed by atoms with Gasteiger partial charge in [-0.15, -0.1) is 0 Å². The molecule has 0 aliphatic carbocycles. The van der Waals surface area contributed by atoms with E-state index >= 15 is 0 Å². The number of rotatable bonds is 12. The number of hydrogen-bond donors (Lipinski definition) is 1. The Bertz CT molecular complexity index is 824. The predicted octanol–water partition coefficient (Wildman–Crippen LogP) is 5.03. The quantitative estimate of drug-likeness (QED) is 0.480. The molecule has 1 fully saturated rings. The zero-order chi connectivity index (χ0) is 24.2. The molecule has 1 unspecified atom stereocenters. The van der Waals surface area contributed by atoms with Crippen LogP contribution in [-0.2, 0) is 9.59 Å². The molecule has 1 aliphatic rings. The van der Waals surface area contributed by atoms with Gasteiger partial charge in [0.15, 0.2) is 0 Å². The molecule has 0 saturated carbocycles. The van der Waals surface area contributed by atoms with E-state index in [0.29, 0.717) is 25.4 Å². The third-order valence-electron chi connectivity index (χ3n) is 6.96. The van der Waals surface area contributed by atoms with Gasteiger partial charge in [0, 0.05) is 45.6 Å². The van der Waals surface area contributed by atoms with Crippen molar-refractivity contribution in [3.63, 3.8) is 0 Å². The van der Waals surface area contributed by atoms with E-state index < -0.39 is 0 Å². The highest BCUT2D eigenvalue weighted by Crippen LogP contribution is 2.29. The lowest BCUT2D eigenvalue weighted by Crippen LogP contribution is -2.50. The highest BCUT2D eigenvalue weighted by Gasteiger charge is 2.28. The van der Waals surface area contributed by atoms with E-state index in [4.69, 9.17) is 0 Å². The molecule has 2 aromatic carbocycles. The number of nitrogens with one attached hydrogen (secondary N) is 1. The van der Waals surface area contributed by atoms with E-state index in [2.05, 4.69) is 72.6 Å². The first-order chi connectivity index (χ1) is 16.6. The molecular formula is C29H41N3O2. The van der Waals surface area contributed by atoms with E-state index in [1.807, 2.05) is 17.0 Å². The molecule has 0 spiro atoms. The molecule has 1 aliphatic heterocycles. The Labute approximate surface area is 205 Å². The molecule has 2 aromatic rings. The molecule has 1 N–H and O–H groups in total. The molecule has 1 atom stereocenters. The molecule has 1 heterocycles. The summed E-state index contributed by atoms with van der Waals surface area (Å²) in [7, 11) is 0. The Morgan fingerprint density at radius 1 is 0.853 bits per heavy atom. The van der Waals surface area contributed by atoms with Crippen LogP contribution in [0, 0.1) is 5.92 Å². The third-order valence-corrected chi connectivity index (χ3v) is 6.96. The maximum absolute atomic E-state index is 12.8. The first-order valence-corrected chi connectivity index (χ1v) is 13.0. The van der Waals surface area contributed by atoms with Crippen molar-refractivity contribution in [1.82, 2.24) is 15.1 Å². The predicted molar refractivity (Wildman–Crippen MR) is 138 cm³/mol. The van der Waals surface area contributed by atoms with Crippen LogP contribution in [0.4, 0.5) is 0 Å². The van der Waals surface area contributed by atoms with Gasteiger partial charge >= 0.3 is 0 Å². The monoisotopic (exact) mass is 463 g/mol. The second-order valence-corrected chi connectivity index (χ2v) is 9.36. The number of carbonyl (C=O) groups is 2. The molecule has 3 rings (SSSR count). The lowest BCUT2D eigenvalue weighted by atomic mass is 9.96. The fourth-order valence-corrected chi connectivity index (χ4v) is 4.78. The summed E-state index contributed by atoms with van der Waals surface area (Å²) in [6.45, 7) is 8.14. The van der Waals surface area contributed by atoms with E-state index in [9.17, 15) is 9.59 Å². The van der Waals surface area contributed by atoms with Crippen LogP contribution >= 0.6 is 0 Å². The van der Waals surface area contributed by atoms with Crippen molar-refractivity contribution in [2.45, 2.75) is 58.4 Å². The first kappa shape index (κ1) is 26.0. The molecule has 5 nitrogen and oxygen atoms in total. The minimum absolute atomic E-state index is 0.00449. The lowest BCUT2D eigenvalue weighted by molar-refractivity contribution is -0.135. The average Bonchev–Trinajstić information content (AvgIpc) is 2.89. The molecule has 0 aromatic heterocycles. The number of hydrogen-bond acceptors (Lipinski definition) is 3. The van der Waals surface area contributed by atoms with Gasteiger partial charge in [-0.3, -0.25) is 14.5 Å². The first-order valence-electron chi connectivity index (χ1n) is 13.0. The Balaban J connectivity index is 1.48. The van der Waals surface area contributed by atoms with Gasteiger partial charge < -0.3 is 10.2 Å². The number of benzene rings is 2. The lowest BCUT2D eigenvalue weighted by Gasteiger charge is -2.39. The van der Waals surface area contributed by atoms with Crippen LogP contribution in [0.5, 0.6) is 0 Å². The summed E-state index contributed by atoms with van der Waals surface area (Å²) in [5, 5.41) is 3.04. The van der Waals surface area contributed by atoms with Crippen molar-refractivity contribution in [3.8, 4) is 0 Å². The maximum atomic E-state index is 12.8. The van der Waals surface area contributed by atoms with Crippen LogP contribution in [0.1, 0.15) is 69.5 Å². The second kappa shape index (κ2) is 13.9. The number of amides is 2.